The van der Waals surface area contributed by atoms with E-state index >= 15 is 0 Å². The van der Waals surface area contributed by atoms with Crippen molar-refractivity contribution in [3.05, 3.63) is 78.1 Å². The Morgan fingerprint density at radius 3 is 2.58 bits per heavy atom. The van der Waals surface area contributed by atoms with Crippen molar-refractivity contribution < 1.29 is 24.2 Å². The Labute approximate surface area is 234 Å². The summed E-state index contributed by atoms with van der Waals surface area (Å²) in [5.74, 6) is 0.665. The number of carbonyl (C=O) groups excluding carboxylic acids is 2. The number of likely N-dealkylation sites (N-methyl/N-ethyl adjacent to an activating group) is 1. The number of urea groups is 1. The number of methoxy groups -OCH3 is 1. The number of aliphatic hydroxyl groups excluding tert-OH is 1. The standard InChI is InChI=1S/C30H37N5O5/c1-20-16-35(21(2)19-36)29(37)25-6-5-7-26(33-30(38)32-23-8-10-24(39-4)11-9-23)28(25)40-27(20)18-34(3)17-22-12-14-31-15-13-22/h5-15,20-21,27,36H,16-19H2,1-4H3,(H2,32,33,38)/t20-,21+,27-/m1/s1. The summed E-state index contributed by atoms with van der Waals surface area (Å²) in [7, 11) is 3.59. The van der Waals surface area contributed by atoms with Crippen LogP contribution in [0.4, 0.5) is 16.2 Å². The first kappa shape index (κ1) is 28.8. The van der Waals surface area contributed by atoms with Crippen LogP contribution in [0.1, 0.15) is 29.8 Å². The molecule has 3 N–H and O–H groups in total. The molecular formula is C30H37N5O5. The van der Waals surface area contributed by atoms with Gasteiger partial charge < -0.3 is 30.1 Å². The van der Waals surface area contributed by atoms with Gasteiger partial charge in [0, 0.05) is 43.6 Å². The number of rotatable bonds is 9. The van der Waals surface area contributed by atoms with Crippen LogP contribution >= 0.6 is 0 Å². The number of ether oxygens (including phenoxy) is 2. The molecule has 0 saturated heterocycles. The molecule has 2 heterocycles. The zero-order chi connectivity index (χ0) is 28.6. The van der Waals surface area contributed by atoms with Gasteiger partial charge in [-0.3, -0.25) is 14.7 Å². The van der Waals surface area contributed by atoms with Gasteiger partial charge >= 0.3 is 6.03 Å². The third-order valence-electron chi connectivity index (χ3n) is 6.98. The first-order valence-corrected chi connectivity index (χ1v) is 13.3. The molecule has 1 aliphatic heterocycles. The number of aliphatic hydroxyl groups is 1. The van der Waals surface area contributed by atoms with Gasteiger partial charge in [0.25, 0.3) is 5.91 Å². The van der Waals surface area contributed by atoms with Gasteiger partial charge in [0.15, 0.2) is 5.75 Å². The lowest BCUT2D eigenvalue weighted by Crippen LogP contribution is -2.49. The van der Waals surface area contributed by atoms with E-state index in [1.54, 1.807) is 66.9 Å². The summed E-state index contributed by atoms with van der Waals surface area (Å²) < 4.78 is 11.8. The van der Waals surface area contributed by atoms with Crippen molar-refractivity contribution in [1.29, 1.82) is 0 Å². The number of amides is 3. The van der Waals surface area contributed by atoms with Crippen LogP contribution in [0.2, 0.25) is 0 Å². The Kier molecular flexibility index (Phi) is 9.57. The van der Waals surface area contributed by atoms with Gasteiger partial charge in [0.1, 0.15) is 11.9 Å². The molecule has 40 heavy (non-hydrogen) atoms. The van der Waals surface area contributed by atoms with Gasteiger partial charge in [-0.15, -0.1) is 0 Å². The maximum absolute atomic E-state index is 13.7. The topological polar surface area (TPSA) is 116 Å². The Balaban J connectivity index is 1.61. The van der Waals surface area contributed by atoms with Gasteiger partial charge in [-0.1, -0.05) is 13.0 Å². The molecule has 0 bridgehead atoms. The maximum atomic E-state index is 13.7. The number of fused-ring (bicyclic) bond motifs is 1. The van der Waals surface area contributed by atoms with E-state index < -0.39 is 6.03 Å². The summed E-state index contributed by atoms with van der Waals surface area (Å²) in [6.07, 6.45) is 3.23. The molecule has 4 rings (SSSR count). The number of pyridine rings is 1. The normalized spacial score (nSPS) is 17.8. The number of para-hydroxylation sites is 1. The number of benzene rings is 2. The minimum atomic E-state index is -0.475. The van der Waals surface area contributed by atoms with Crippen LogP contribution in [0.15, 0.2) is 67.0 Å². The lowest BCUT2D eigenvalue weighted by Gasteiger charge is -2.38. The third kappa shape index (κ3) is 7.08. The van der Waals surface area contributed by atoms with E-state index in [0.717, 1.165) is 5.56 Å². The van der Waals surface area contributed by atoms with Crippen LogP contribution < -0.4 is 20.1 Å². The predicted molar refractivity (Wildman–Crippen MR) is 154 cm³/mol. The molecule has 0 fully saturated rings. The fraction of sp³-hybridized carbons (Fsp3) is 0.367. The highest BCUT2D eigenvalue weighted by Crippen LogP contribution is 2.35. The lowest BCUT2D eigenvalue weighted by molar-refractivity contribution is 0.0343. The van der Waals surface area contributed by atoms with Crippen LogP contribution in [0, 0.1) is 5.92 Å². The third-order valence-corrected chi connectivity index (χ3v) is 6.98. The summed E-state index contributed by atoms with van der Waals surface area (Å²) in [4.78, 5) is 34.6. The van der Waals surface area contributed by atoms with Crippen molar-refractivity contribution in [3.63, 3.8) is 0 Å². The molecule has 2 aromatic carbocycles. The monoisotopic (exact) mass is 547 g/mol. The Hall–Kier alpha value is -4.15. The molecule has 0 unspecified atom stereocenters. The number of aromatic nitrogens is 1. The summed E-state index contributed by atoms with van der Waals surface area (Å²) in [6, 6.07) is 15.2. The molecule has 0 saturated carbocycles. The largest absolute Gasteiger partial charge is 0.497 e. The molecule has 3 aromatic rings. The van der Waals surface area contributed by atoms with Crippen molar-refractivity contribution in [2.75, 3.05) is 44.5 Å². The fourth-order valence-electron chi connectivity index (χ4n) is 4.69. The van der Waals surface area contributed by atoms with Crippen LogP contribution in [0.25, 0.3) is 0 Å². The van der Waals surface area contributed by atoms with Gasteiger partial charge in [0.2, 0.25) is 0 Å². The van der Waals surface area contributed by atoms with Gasteiger partial charge in [-0.2, -0.15) is 0 Å². The fourth-order valence-corrected chi connectivity index (χ4v) is 4.69. The molecule has 0 spiro atoms. The number of nitrogens with zero attached hydrogens (tertiary/aromatic N) is 3. The zero-order valence-electron chi connectivity index (χ0n) is 23.3. The van der Waals surface area contributed by atoms with Crippen molar-refractivity contribution >= 4 is 23.3 Å². The number of anilines is 2. The first-order valence-electron chi connectivity index (χ1n) is 13.3. The minimum Gasteiger partial charge on any atom is -0.497 e. The van der Waals surface area contributed by atoms with Crippen molar-refractivity contribution in [1.82, 2.24) is 14.8 Å². The number of hydrogen-bond donors (Lipinski definition) is 3. The Bertz CT molecular complexity index is 1290. The smallest absolute Gasteiger partial charge is 0.323 e. The first-order chi connectivity index (χ1) is 19.3. The SMILES string of the molecule is COc1ccc(NC(=O)Nc2cccc3c2O[C@H](CN(C)Cc2ccncc2)[C@H](C)CN([C@@H](C)CO)C3=O)cc1. The summed E-state index contributed by atoms with van der Waals surface area (Å²) >= 11 is 0. The molecule has 0 radical (unpaired) electrons. The van der Waals surface area contributed by atoms with E-state index in [1.165, 1.54) is 0 Å². The van der Waals surface area contributed by atoms with Gasteiger partial charge in [-0.05, 0) is 68.1 Å². The average Bonchev–Trinajstić information content (AvgIpc) is 2.95. The van der Waals surface area contributed by atoms with Crippen LogP contribution in [-0.4, -0.2) is 77.8 Å². The van der Waals surface area contributed by atoms with E-state index in [2.05, 4.69) is 20.5 Å². The van der Waals surface area contributed by atoms with Crippen molar-refractivity contribution in [2.24, 2.45) is 5.92 Å². The predicted octanol–water partition coefficient (Wildman–Crippen LogP) is 4.09. The zero-order valence-corrected chi connectivity index (χ0v) is 23.3. The molecule has 10 heteroatoms. The second-order valence-electron chi connectivity index (χ2n) is 10.2. The molecule has 10 nitrogen and oxygen atoms in total. The highest BCUT2D eigenvalue weighted by molar-refractivity contribution is 6.04. The number of carbonyl (C=O) groups is 2. The average molecular weight is 548 g/mol. The lowest BCUT2D eigenvalue weighted by atomic mass is 9.99. The summed E-state index contributed by atoms with van der Waals surface area (Å²) in [6.45, 7) is 5.38. The number of nitrogens with one attached hydrogen (secondary N) is 2. The summed E-state index contributed by atoms with van der Waals surface area (Å²) in [5.41, 5.74) is 2.42. The molecule has 212 valence electrons. The van der Waals surface area contributed by atoms with E-state index in [0.29, 0.717) is 48.1 Å². The molecule has 1 aliphatic rings. The van der Waals surface area contributed by atoms with Gasteiger partial charge in [0.05, 0.1) is 31.0 Å². The van der Waals surface area contributed by atoms with Crippen molar-refractivity contribution in [3.8, 4) is 11.5 Å². The Morgan fingerprint density at radius 1 is 1.18 bits per heavy atom. The second-order valence-corrected chi connectivity index (χ2v) is 10.2. The minimum absolute atomic E-state index is 0.0628. The quantitative estimate of drug-likeness (QED) is 0.370. The van der Waals surface area contributed by atoms with Crippen LogP contribution in [0.3, 0.4) is 0 Å². The maximum Gasteiger partial charge on any atom is 0.323 e. The highest BCUT2D eigenvalue weighted by Gasteiger charge is 2.34. The van der Waals surface area contributed by atoms with E-state index in [-0.39, 0.29) is 30.6 Å². The molecule has 1 aromatic heterocycles. The summed E-state index contributed by atoms with van der Waals surface area (Å²) in [5, 5.41) is 15.6. The van der Waals surface area contributed by atoms with E-state index in [1.807, 2.05) is 33.0 Å². The van der Waals surface area contributed by atoms with Crippen LogP contribution in [0.5, 0.6) is 11.5 Å². The van der Waals surface area contributed by atoms with E-state index in [9.17, 15) is 14.7 Å². The molecule has 3 atom stereocenters. The van der Waals surface area contributed by atoms with Crippen molar-refractivity contribution in [2.45, 2.75) is 32.5 Å². The Morgan fingerprint density at radius 2 is 1.90 bits per heavy atom. The highest BCUT2D eigenvalue weighted by atomic mass is 16.5. The van der Waals surface area contributed by atoms with Gasteiger partial charge in [-0.25, -0.2) is 4.79 Å². The van der Waals surface area contributed by atoms with Crippen LogP contribution in [-0.2, 0) is 6.54 Å². The second kappa shape index (κ2) is 13.3. The molecule has 0 aliphatic carbocycles. The molecule has 3 amide bonds. The molecular weight excluding hydrogens is 510 g/mol. The van der Waals surface area contributed by atoms with E-state index in [4.69, 9.17) is 9.47 Å². The number of hydrogen-bond acceptors (Lipinski definition) is 7.